The van der Waals surface area contributed by atoms with Crippen molar-refractivity contribution in [3.05, 3.63) is 34.9 Å². The van der Waals surface area contributed by atoms with Gasteiger partial charge < -0.3 is 10.6 Å². The molecule has 3 rings (SSSR count). The summed E-state index contributed by atoms with van der Waals surface area (Å²) < 4.78 is 0. The van der Waals surface area contributed by atoms with Gasteiger partial charge in [0.1, 0.15) is 5.54 Å². The van der Waals surface area contributed by atoms with Crippen LogP contribution in [0.3, 0.4) is 0 Å². The van der Waals surface area contributed by atoms with Crippen molar-refractivity contribution in [1.29, 1.82) is 0 Å². The molecule has 0 aromatic heterocycles. The van der Waals surface area contributed by atoms with E-state index in [2.05, 4.69) is 10.6 Å². The third-order valence-electron chi connectivity index (χ3n) is 3.88. The normalized spacial score (nSPS) is 26.1. The van der Waals surface area contributed by atoms with Crippen LogP contribution >= 0.6 is 11.6 Å². The maximum Gasteiger partial charge on any atom is 0.325 e. The van der Waals surface area contributed by atoms with Crippen molar-refractivity contribution in [3.63, 3.8) is 0 Å². The Kier molecular flexibility index (Phi) is 3.40. The first-order valence-corrected chi connectivity index (χ1v) is 7.08. The van der Waals surface area contributed by atoms with Crippen molar-refractivity contribution >= 4 is 23.5 Å². The van der Waals surface area contributed by atoms with Crippen LogP contribution in [0.1, 0.15) is 18.4 Å². The number of hydrogen-bond donors (Lipinski definition) is 2. The van der Waals surface area contributed by atoms with Crippen molar-refractivity contribution < 1.29 is 9.59 Å². The highest BCUT2D eigenvalue weighted by Crippen LogP contribution is 2.26. The van der Waals surface area contributed by atoms with Crippen LogP contribution in [0.25, 0.3) is 0 Å². The van der Waals surface area contributed by atoms with Gasteiger partial charge in [-0.3, -0.25) is 9.69 Å². The molecule has 0 aliphatic carbocycles. The van der Waals surface area contributed by atoms with E-state index in [-0.39, 0.29) is 18.5 Å². The van der Waals surface area contributed by atoms with Crippen LogP contribution in [0.5, 0.6) is 0 Å². The van der Waals surface area contributed by atoms with E-state index in [1.807, 2.05) is 12.1 Å². The average molecular weight is 294 g/mol. The minimum atomic E-state index is -0.748. The zero-order chi connectivity index (χ0) is 14.2. The lowest BCUT2D eigenvalue weighted by atomic mass is 9.90. The Morgan fingerprint density at radius 2 is 2.00 bits per heavy atom. The summed E-state index contributed by atoms with van der Waals surface area (Å²) in [5.41, 5.74) is 0.139. The summed E-state index contributed by atoms with van der Waals surface area (Å²) in [4.78, 5) is 25.9. The third kappa shape index (κ3) is 2.27. The summed E-state index contributed by atoms with van der Waals surface area (Å²) in [6.45, 7) is 1.68. The number of urea groups is 1. The Hall–Kier alpha value is -1.59. The highest BCUT2D eigenvalue weighted by atomic mass is 35.5. The van der Waals surface area contributed by atoms with Crippen molar-refractivity contribution in [1.82, 2.24) is 15.5 Å². The first-order valence-electron chi connectivity index (χ1n) is 6.70. The maximum absolute atomic E-state index is 12.5. The second-order valence-electron chi connectivity index (χ2n) is 5.31. The lowest BCUT2D eigenvalue weighted by Gasteiger charge is -2.31. The number of hydrogen-bond acceptors (Lipinski definition) is 3. The topological polar surface area (TPSA) is 61.4 Å². The molecular weight excluding hydrogens is 278 g/mol. The number of nitrogens with one attached hydrogen (secondary N) is 2. The zero-order valence-electron chi connectivity index (χ0n) is 11.0. The van der Waals surface area contributed by atoms with E-state index in [1.165, 1.54) is 4.90 Å². The minimum Gasteiger partial charge on any atom is -0.322 e. The molecule has 0 saturated carbocycles. The second kappa shape index (κ2) is 5.07. The van der Waals surface area contributed by atoms with Gasteiger partial charge in [0.2, 0.25) is 0 Å². The van der Waals surface area contributed by atoms with E-state index in [9.17, 15) is 9.59 Å². The molecule has 2 heterocycles. The van der Waals surface area contributed by atoms with Gasteiger partial charge in [-0.1, -0.05) is 23.7 Å². The highest BCUT2D eigenvalue weighted by Gasteiger charge is 2.51. The van der Waals surface area contributed by atoms with Crippen molar-refractivity contribution in [2.24, 2.45) is 0 Å². The van der Waals surface area contributed by atoms with E-state index in [0.717, 1.165) is 18.5 Å². The molecule has 1 atom stereocenters. The summed E-state index contributed by atoms with van der Waals surface area (Å²) in [5, 5.41) is 6.67. The first-order chi connectivity index (χ1) is 9.61. The number of imide groups is 1. The molecule has 2 saturated heterocycles. The van der Waals surface area contributed by atoms with Gasteiger partial charge in [-0.05, 0) is 37.1 Å². The monoisotopic (exact) mass is 293 g/mol. The number of benzene rings is 1. The van der Waals surface area contributed by atoms with Crippen molar-refractivity contribution in [2.75, 3.05) is 13.1 Å². The fraction of sp³-hybridized carbons (Fsp3) is 0.429. The van der Waals surface area contributed by atoms with E-state index in [0.29, 0.717) is 18.0 Å². The van der Waals surface area contributed by atoms with Gasteiger partial charge in [0.05, 0.1) is 6.54 Å². The van der Waals surface area contributed by atoms with Gasteiger partial charge in [0.25, 0.3) is 5.91 Å². The lowest BCUT2D eigenvalue weighted by Crippen LogP contribution is -2.57. The number of carbonyl (C=O) groups excluding carboxylic acids is 2. The minimum absolute atomic E-state index is 0.135. The van der Waals surface area contributed by atoms with Crippen LogP contribution in [0.2, 0.25) is 5.02 Å². The number of nitrogens with zero attached hydrogens (tertiary/aromatic N) is 1. The van der Waals surface area contributed by atoms with Gasteiger partial charge in [-0.15, -0.1) is 0 Å². The predicted octanol–water partition coefficient (Wildman–Crippen LogP) is 1.51. The number of amides is 3. The molecule has 2 N–H and O–H groups in total. The number of piperidine rings is 1. The van der Waals surface area contributed by atoms with E-state index >= 15 is 0 Å². The maximum atomic E-state index is 12.5. The SMILES string of the molecule is O=C1N[C@]2(CCCNC2)C(=O)N1Cc1ccc(Cl)cc1. The zero-order valence-corrected chi connectivity index (χ0v) is 11.7. The summed E-state index contributed by atoms with van der Waals surface area (Å²) >= 11 is 5.83. The van der Waals surface area contributed by atoms with Crippen LogP contribution in [-0.2, 0) is 11.3 Å². The molecule has 0 unspecified atom stereocenters. The van der Waals surface area contributed by atoms with E-state index in [1.54, 1.807) is 12.1 Å². The number of halogens is 1. The molecular formula is C14H16ClN3O2. The van der Waals surface area contributed by atoms with Gasteiger partial charge in [-0.25, -0.2) is 4.79 Å². The van der Waals surface area contributed by atoms with Crippen molar-refractivity contribution in [3.8, 4) is 0 Å². The second-order valence-corrected chi connectivity index (χ2v) is 5.75. The fourth-order valence-electron chi connectivity index (χ4n) is 2.79. The Balaban J connectivity index is 1.78. The Labute approximate surface area is 122 Å². The fourth-order valence-corrected chi connectivity index (χ4v) is 2.91. The number of carbonyl (C=O) groups is 2. The molecule has 5 nitrogen and oxygen atoms in total. The standard InChI is InChI=1S/C14H16ClN3O2/c15-11-4-2-10(3-5-11)8-18-12(19)14(17-13(18)20)6-1-7-16-9-14/h2-5,16H,1,6-9H2,(H,17,20)/t14-/m0/s1. The molecule has 1 aromatic carbocycles. The Bertz CT molecular complexity index is 538. The first kappa shape index (κ1) is 13.4. The molecule has 2 aliphatic rings. The molecule has 1 spiro atoms. The third-order valence-corrected chi connectivity index (χ3v) is 4.14. The van der Waals surface area contributed by atoms with Crippen LogP contribution in [0.15, 0.2) is 24.3 Å². The van der Waals surface area contributed by atoms with Crippen LogP contribution < -0.4 is 10.6 Å². The average Bonchev–Trinajstić information content (AvgIpc) is 2.67. The molecule has 2 fully saturated rings. The molecule has 3 amide bonds. The van der Waals surface area contributed by atoms with E-state index < -0.39 is 5.54 Å². The van der Waals surface area contributed by atoms with Crippen molar-refractivity contribution in [2.45, 2.75) is 24.9 Å². The van der Waals surface area contributed by atoms with Gasteiger partial charge in [0, 0.05) is 11.6 Å². The van der Waals surface area contributed by atoms with Crippen LogP contribution in [-0.4, -0.2) is 35.5 Å². The quantitative estimate of drug-likeness (QED) is 0.813. The Morgan fingerprint density at radius 3 is 2.65 bits per heavy atom. The summed E-state index contributed by atoms with van der Waals surface area (Å²) in [5.74, 6) is -0.135. The number of rotatable bonds is 2. The summed E-state index contributed by atoms with van der Waals surface area (Å²) in [6, 6.07) is 6.86. The summed E-state index contributed by atoms with van der Waals surface area (Å²) in [6.07, 6.45) is 1.59. The highest BCUT2D eigenvalue weighted by molar-refractivity contribution is 6.30. The molecule has 1 aromatic rings. The molecule has 0 radical (unpaired) electrons. The van der Waals surface area contributed by atoms with Gasteiger partial charge >= 0.3 is 6.03 Å². The molecule has 0 bridgehead atoms. The largest absolute Gasteiger partial charge is 0.325 e. The molecule has 6 heteroatoms. The molecule has 20 heavy (non-hydrogen) atoms. The Morgan fingerprint density at radius 1 is 1.25 bits per heavy atom. The summed E-state index contributed by atoms with van der Waals surface area (Å²) in [7, 11) is 0. The lowest BCUT2D eigenvalue weighted by molar-refractivity contribution is -0.132. The molecule has 106 valence electrons. The van der Waals surface area contributed by atoms with E-state index in [4.69, 9.17) is 11.6 Å². The van der Waals surface area contributed by atoms with Gasteiger partial charge in [0.15, 0.2) is 0 Å². The van der Waals surface area contributed by atoms with Gasteiger partial charge in [-0.2, -0.15) is 0 Å². The molecule has 2 aliphatic heterocycles. The predicted molar refractivity (Wildman–Crippen MR) is 75.4 cm³/mol. The van der Waals surface area contributed by atoms with Crippen LogP contribution in [0.4, 0.5) is 4.79 Å². The smallest absolute Gasteiger partial charge is 0.322 e. The van der Waals surface area contributed by atoms with Crippen LogP contribution in [0, 0.1) is 0 Å².